The summed E-state index contributed by atoms with van der Waals surface area (Å²) in [6.45, 7) is 4.53. The van der Waals surface area contributed by atoms with Gasteiger partial charge < -0.3 is 14.8 Å². The van der Waals surface area contributed by atoms with E-state index < -0.39 is 5.63 Å². The number of phenolic OH excluding ortho intramolecular Hbond substituents is 1. The third kappa shape index (κ3) is 3.06. The van der Waals surface area contributed by atoms with Crippen molar-refractivity contribution in [1.29, 1.82) is 0 Å². The van der Waals surface area contributed by atoms with Crippen molar-refractivity contribution < 1.29 is 9.52 Å². The summed E-state index contributed by atoms with van der Waals surface area (Å²) in [4.78, 5) is 11.8. The first-order valence-corrected chi connectivity index (χ1v) is 7.66. The third-order valence-corrected chi connectivity index (χ3v) is 4.02. The summed E-state index contributed by atoms with van der Waals surface area (Å²) in [6, 6.07) is 12.9. The predicted molar refractivity (Wildman–Crippen MR) is 92.0 cm³/mol. The molecule has 3 aromatic rings. The largest absolute Gasteiger partial charge is 0.508 e. The zero-order chi connectivity index (χ0) is 16.4. The standard InChI is InChI=1S/C19H19NO3/c1-3-13-8-15-14(9-19(22)23-18(15)10-17(13)21)11-20-16-7-5-4-6-12(16)2/h4-10,20-21H,3,11H2,1-2H3. The van der Waals surface area contributed by atoms with Gasteiger partial charge in [0.05, 0.1) is 0 Å². The molecule has 4 nitrogen and oxygen atoms in total. The molecule has 0 saturated carbocycles. The van der Waals surface area contributed by atoms with Gasteiger partial charge in [-0.15, -0.1) is 0 Å². The number of hydrogen-bond donors (Lipinski definition) is 2. The van der Waals surface area contributed by atoms with Crippen LogP contribution < -0.4 is 10.9 Å². The number of anilines is 1. The van der Waals surface area contributed by atoms with Gasteiger partial charge >= 0.3 is 5.63 Å². The number of nitrogens with one attached hydrogen (secondary N) is 1. The number of aryl methyl sites for hydroxylation is 2. The summed E-state index contributed by atoms with van der Waals surface area (Å²) in [7, 11) is 0. The summed E-state index contributed by atoms with van der Waals surface area (Å²) in [5, 5.41) is 14.2. The second kappa shape index (κ2) is 6.16. The molecular weight excluding hydrogens is 290 g/mol. The Labute approximate surface area is 134 Å². The van der Waals surface area contributed by atoms with Crippen LogP contribution in [0.3, 0.4) is 0 Å². The van der Waals surface area contributed by atoms with Crippen LogP contribution >= 0.6 is 0 Å². The average molecular weight is 309 g/mol. The lowest BCUT2D eigenvalue weighted by Gasteiger charge is -2.12. The van der Waals surface area contributed by atoms with Crippen LogP contribution in [0.25, 0.3) is 11.0 Å². The predicted octanol–water partition coefficient (Wildman–Crippen LogP) is 3.98. The molecule has 3 rings (SSSR count). The molecule has 23 heavy (non-hydrogen) atoms. The van der Waals surface area contributed by atoms with E-state index in [0.717, 1.165) is 27.8 Å². The molecule has 0 aliphatic rings. The first-order chi connectivity index (χ1) is 11.1. The number of rotatable bonds is 4. The van der Waals surface area contributed by atoms with Gasteiger partial charge in [-0.2, -0.15) is 0 Å². The lowest BCUT2D eigenvalue weighted by atomic mass is 10.0. The molecule has 0 aliphatic heterocycles. The molecule has 0 saturated heterocycles. The lowest BCUT2D eigenvalue weighted by Crippen LogP contribution is -2.06. The topological polar surface area (TPSA) is 62.5 Å². The number of benzene rings is 2. The van der Waals surface area contributed by atoms with E-state index in [1.54, 1.807) is 0 Å². The molecule has 0 spiro atoms. The maximum absolute atomic E-state index is 11.8. The van der Waals surface area contributed by atoms with E-state index in [0.29, 0.717) is 18.5 Å². The Bertz CT molecular complexity index is 912. The molecule has 0 aliphatic carbocycles. The normalized spacial score (nSPS) is 10.9. The highest BCUT2D eigenvalue weighted by molar-refractivity contribution is 5.83. The quantitative estimate of drug-likeness (QED) is 0.716. The average Bonchev–Trinajstić information content (AvgIpc) is 2.53. The summed E-state index contributed by atoms with van der Waals surface area (Å²) < 4.78 is 5.22. The van der Waals surface area contributed by atoms with E-state index in [1.807, 2.05) is 44.2 Å². The van der Waals surface area contributed by atoms with Gasteiger partial charge in [0.15, 0.2) is 0 Å². The van der Waals surface area contributed by atoms with Gasteiger partial charge in [-0.05, 0) is 42.2 Å². The van der Waals surface area contributed by atoms with Gasteiger partial charge in [0, 0.05) is 29.8 Å². The number of para-hydroxylation sites is 1. The summed E-state index contributed by atoms with van der Waals surface area (Å²) in [6.07, 6.45) is 0.714. The molecule has 1 heterocycles. The van der Waals surface area contributed by atoms with Crippen molar-refractivity contribution in [1.82, 2.24) is 0 Å². The van der Waals surface area contributed by atoms with Crippen LogP contribution in [0, 0.1) is 6.92 Å². The highest BCUT2D eigenvalue weighted by Crippen LogP contribution is 2.27. The van der Waals surface area contributed by atoms with Crippen molar-refractivity contribution in [3.63, 3.8) is 0 Å². The third-order valence-electron chi connectivity index (χ3n) is 4.02. The van der Waals surface area contributed by atoms with E-state index in [-0.39, 0.29) is 5.75 Å². The van der Waals surface area contributed by atoms with E-state index in [2.05, 4.69) is 5.32 Å². The molecule has 0 amide bonds. The maximum atomic E-state index is 11.8. The fourth-order valence-corrected chi connectivity index (χ4v) is 2.70. The van der Waals surface area contributed by atoms with Crippen LogP contribution in [0.1, 0.15) is 23.6 Å². The molecule has 2 aromatic carbocycles. The Morgan fingerprint density at radius 3 is 2.65 bits per heavy atom. The van der Waals surface area contributed by atoms with Gasteiger partial charge in [-0.25, -0.2) is 4.79 Å². The number of phenols is 1. The van der Waals surface area contributed by atoms with Crippen LogP contribution in [0.5, 0.6) is 5.75 Å². The molecule has 1 aromatic heterocycles. The summed E-state index contributed by atoms with van der Waals surface area (Å²) in [5.41, 5.74) is 3.87. The Hall–Kier alpha value is -2.75. The SMILES string of the molecule is CCc1cc2c(CNc3ccccc3C)cc(=O)oc2cc1O. The Balaban J connectivity index is 2.02. The first kappa shape index (κ1) is 15.2. The number of fused-ring (bicyclic) bond motifs is 1. The first-order valence-electron chi connectivity index (χ1n) is 7.66. The van der Waals surface area contributed by atoms with Gasteiger partial charge in [-0.1, -0.05) is 25.1 Å². The van der Waals surface area contributed by atoms with Crippen molar-refractivity contribution in [2.75, 3.05) is 5.32 Å². The minimum atomic E-state index is -0.414. The molecule has 0 radical (unpaired) electrons. The van der Waals surface area contributed by atoms with Crippen LogP contribution in [0.15, 0.2) is 51.7 Å². The highest BCUT2D eigenvalue weighted by atomic mass is 16.4. The molecule has 0 fully saturated rings. The second-order valence-electron chi connectivity index (χ2n) is 5.59. The lowest BCUT2D eigenvalue weighted by molar-refractivity contribution is 0.466. The Kier molecular flexibility index (Phi) is 4.06. The van der Waals surface area contributed by atoms with Gasteiger partial charge in [0.25, 0.3) is 0 Å². The van der Waals surface area contributed by atoms with Crippen molar-refractivity contribution >= 4 is 16.7 Å². The number of hydrogen-bond acceptors (Lipinski definition) is 4. The zero-order valence-electron chi connectivity index (χ0n) is 13.2. The van der Waals surface area contributed by atoms with Crippen LogP contribution in [0.4, 0.5) is 5.69 Å². The molecule has 2 N–H and O–H groups in total. The van der Waals surface area contributed by atoms with Crippen LogP contribution in [-0.4, -0.2) is 5.11 Å². The molecule has 118 valence electrons. The van der Waals surface area contributed by atoms with Gasteiger partial charge in [0.1, 0.15) is 11.3 Å². The van der Waals surface area contributed by atoms with Crippen molar-refractivity contribution in [2.24, 2.45) is 0 Å². The highest BCUT2D eigenvalue weighted by Gasteiger charge is 2.10. The smallest absolute Gasteiger partial charge is 0.336 e. The fraction of sp³-hybridized carbons (Fsp3) is 0.211. The summed E-state index contributed by atoms with van der Waals surface area (Å²) in [5.74, 6) is 0.159. The zero-order valence-corrected chi connectivity index (χ0v) is 13.2. The number of aromatic hydroxyl groups is 1. The fourth-order valence-electron chi connectivity index (χ4n) is 2.70. The van der Waals surface area contributed by atoms with E-state index >= 15 is 0 Å². The Morgan fingerprint density at radius 1 is 1.13 bits per heavy atom. The van der Waals surface area contributed by atoms with Crippen molar-refractivity contribution in [3.8, 4) is 5.75 Å². The summed E-state index contributed by atoms with van der Waals surface area (Å²) >= 11 is 0. The van der Waals surface area contributed by atoms with Crippen LogP contribution in [-0.2, 0) is 13.0 Å². The monoisotopic (exact) mass is 309 g/mol. The van der Waals surface area contributed by atoms with Crippen molar-refractivity contribution in [2.45, 2.75) is 26.8 Å². The molecule has 0 unspecified atom stereocenters. The van der Waals surface area contributed by atoms with E-state index in [4.69, 9.17) is 4.42 Å². The maximum Gasteiger partial charge on any atom is 0.336 e. The molecule has 0 bridgehead atoms. The van der Waals surface area contributed by atoms with Crippen molar-refractivity contribution in [3.05, 3.63) is 69.6 Å². The minimum Gasteiger partial charge on any atom is -0.508 e. The van der Waals surface area contributed by atoms with Gasteiger partial charge in [0.2, 0.25) is 0 Å². The molecule has 0 atom stereocenters. The van der Waals surface area contributed by atoms with Crippen LogP contribution in [0.2, 0.25) is 0 Å². The molecular formula is C19H19NO3. The van der Waals surface area contributed by atoms with E-state index in [9.17, 15) is 9.90 Å². The Morgan fingerprint density at radius 2 is 1.91 bits per heavy atom. The minimum absolute atomic E-state index is 0.159. The van der Waals surface area contributed by atoms with E-state index in [1.165, 1.54) is 12.1 Å². The second-order valence-corrected chi connectivity index (χ2v) is 5.59. The molecule has 4 heteroatoms. The van der Waals surface area contributed by atoms with Gasteiger partial charge in [-0.3, -0.25) is 0 Å².